The van der Waals surface area contributed by atoms with E-state index in [1.807, 2.05) is 0 Å². The van der Waals surface area contributed by atoms with E-state index in [4.69, 9.17) is 11.6 Å². The number of carbonyl (C=O) groups is 2. The van der Waals surface area contributed by atoms with Crippen LogP contribution in [0.15, 0.2) is 67.0 Å². The molecule has 1 aliphatic carbocycles. The van der Waals surface area contributed by atoms with Crippen LogP contribution < -0.4 is 10.2 Å². The van der Waals surface area contributed by atoms with Crippen LogP contribution in [0.3, 0.4) is 0 Å². The molecule has 0 radical (unpaired) electrons. The van der Waals surface area contributed by atoms with E-state index in [1.54, 1.807) is 0 Å². The van der Waals surface area contributed by atoms with Crippen LogP contribution in [-0.4, -0.2) is 46.3 Å². The molecule has 13 heteroatoms. The molecule has 3 aromatic rings. The first-order valence-electron chi connectivity index (χ1n) is 13.0. The lowest BCUT2D eigenvalue weighted by atomic mass is 9.77. The highest BCUT2D eigenvalue weighted by molar-refractivity contribution is 6.21. The van der Waals surface area contributed by atoms with Crippen LogP contribution in [0.5, 0.6) is 0 Å². The molecular weight excluding hydrogens is 588 g/mol. The second-order valence-electron chi connectivity index (χ2n) is 10.4. The standard InChI is InChI=1S/C29H24ClF6N3O3/c30-21-12-22(38-26(40)15-5-4-10-37-13-15)17(25(32)33)11-16(21)14-39-23-9-2-1-6-18(23)28(42,27(39)41)19-7-3-8-20(24(19)31)29(34,35)36/h1-10,13,16-17,21-22,25,42H,11-12,14H2,(H,38,40)/t16-,17-,21-,22-,28-/m1/s1. The first-order chi connectivity index (χ1) is 19.8. The molecule has 0 bridgehead atoms. The van der Waals surface area contributed by atoms with Gasteiger partial charge in [-0.15, -0.1) is 11.6 Å². The zero-order valence-corrected chi connectivity index (χ0v) is 22.4. The number of pyridine rings is 1. The van der Waals surface area contributed by atoms with Crippen molar-refractivity contribution in [3.05, 3.63) is 95.1 Å². The quantitative estimate of drug-likeness (QED) is 0.284. The zero-order chi connectivity index (χ0) is 30.4. The summed E-state index contributed by atoms with van der Waals surface area (Å²) < 4.78 is 84.0. The number of hydrogen-bond donors (Lipinski definition) is 2. The number of anilines is 1. The molecule has 2 amide bonds. The second-order valence-corrected chi connectivity index (χ2v) is 10.9. The van der Waals surface area contributed by atoms with Gasteiger partial charge in [0.05, 0.1) is 16.8 Å². The third-order valence-electron chi connectivity index (χ3n) is 7.90. The Morgan fingerprint density at radius 1 is 1.10 bits per heavy atom. The number of alkyl halides is 6. The van der Waals surface area contributed by atoms with Gasteiger partial charge >= 0.3 is 6.18 Å². The van der Waals surface area contributed by atoms with Crippen LogP contribution in [0.1, 0.15) is 39.9 Å². The molecule has 1 fully saturated rings. The van der Waals surface area contributed by atoms with Crippen molar-refractivity contribution in [1.29, 1.82) is 0 Å². The van der Waals surface area contributed by atoms with Gasteiger partial charge in [0.2, 0.25) is 6.43 Å². The molecule has 2 aromatic carbocycles. The van der Waals surface area contributed by atoms with Gasteiger partial charge in [0.15, 0.2) is 5.60 Å². The number of aromatic nitrogens is 1. The Hall–Kier alpha value is -3.64. The van der Waals surface area contributed by atoms with E-state index >= 15 is 4.39 Å². The molecular formula is C29H24ClF6N3O3. The van der Waals surface area contributed by atoms with Crippen LogP contribution >= 0.6 is 11.6 Å². The first kappa shape index (κ1) is 29.8. The third-order valence-corrected chi connectivity index (χ3v) is 8.43. The molecule has 42 heavy (non-hydrogen) atoms. The van der Waals surface area contributed by atoms with Gasteiger partial charge in [-0.2, -0.15) is 13.2 Å². The average molecular weight is 612 g/mol. The largest absolute Gasteiger partial charge is 0.419 e. The lowest BCUT2D eigenvalue weighted by Crippen LogP contribution is -2.52. The number of benzene rings is 2. The summed E-state index contributed by atoms with van der Waals surface area (Å²) >= 11 is 6.62. The molecule has 2 aliphatic rings. The Kier molecular flexibility index (Phi) is 7.97. The Morgan fingerprint density at radius 2 is 1.81 bits per heavy atom. The number of halogens is 7. The van der Waals surface area contributed by atoms with Gasteiger partial charge in [0, 0.05) is 47.4 Å². The summed E-state index contributed by atoms with van der Waals surface area (Å²) in [5.74, 6) is -5.62. The van der Waals surface area contributed by atoms with Crippen molar-refractivity contribution in [2.24, 2.45) is 11.8 Å². The summed E-state index contributed by atoms with van der Waals surface area (Å²) in [5, 5.41) is 13.4. The van der Waals surface area contributed by atoms with Crippen molar-refractivity contribution >= 4 is 29.1 Å². The summed E-state index contributed by atoms with van der Waals surface area (Å²) in [6.45, 7) is -0.278. The van der Waals surface area contributed by atoms with E-state index in [0.717, 1.165) is 17.0 Å². The summed E-state index contributed by atoms with van der Waals surface area (Å²) in [7, 11) is 0. The van der Waals surface area contributed by atoms with Gasteiger partial charge in [-0.1, -0.05) is 30.3 Å². The molecule has 5 atom stereocenters. The van der Waals surface area contributed by atoms with Crippen molar-refractivity contribution < 1.29 is 41.0 Å². The van der Waals surface area contributed by atoms with E-state index in [0.29, 0.717) is 6.07 Å². The van der Waals surface area contributed by atoms with E-state index in [1.165, 1.54) is 48.8 Å². The Balaban J connectivity index is 1.43. The second kappa shape index (κ2) is 11.2. The minimum absolute atomic E-state index is 0.0660. The number of aliphatic hydroxyl groups is 1. The zero-order valence-electron chi connectivity index (χ0n) is 21.7. The SMILES string of the molecule is O=C(N[C@@H]1C[C@@H](Cl)[C@@H](CN2C(=O)[C@](O)(c3cccc(C(F)(F)F)c3F)c3ccccc32)C[C@H]1C(F)F)c1cccnc1. The molecule has 2 heterocycles. The number of hydrogen-bond acceptors (Lipinski definition) is 4. The van der Waals surface area contributed by atoms with E-state index in [9.17, 15) is 36.6 Å². The summed E-state index contributed by atoms with van der Waals surface area (Å²) in [6.07, 6.45) is -5.47. The van der Waals surface area contributed by atoms with Crippen molar-refractivity contribution in [1.82, 2.24) is 10.3 Å². The molecule has 1 aromatic heterocycles. The maximum absolute atomic E-state index is 15.2. The summed E-state index contributed by atoms with van der Waals surface area (Å²) in [4.78, 5) is 31.3. The predicted molar refractivity (Wildman–Crippen MR) is 141 cm³/mol. The highest BCUT2D eigenvalue weighted by atomic mass is 35.5. The monoisotopic (exact) mass is 611 g/mol. The van der Waals surface area contributed by atoms with E-state index < -0.39 is 70.2 Å². The van der Waals surface area contributed by atoms with Crippen LogP contribution in [0.25, 0.3) is 0 Å². The van der Waals surface area contributed by atoms with Crippen molar-refractivity contribution in [2.45, 2.75) is 42.5 Å². The molecule has 6 nitrogen and oxygen atoms in total. The average Bonchev–Trinajstić information content (AvgIpc) is 3.16. The number of fused-ring (bicyclic) bond motifs is 1. The summed E-state index contributed by atoms with van der Waals surface area (Å²) in [5.41, 5.74) is -5.22. The Labute approximate surface area is 241 Å². The Bertz CT molecular complexity index is 1490. The molecule has 0 unspecified atom stereocenters. The number of amides is 2. The smallest absolute Gasteiger partial charge is 0.372 e. The highest BCUT2D eigenvalue weighted by Crippen LogP contribution is 2.48. The molecule has 0 saturated heterocycles. The minimum atomic E-state index is -5.08. The molecule has 5 rings (SSSR count). The molecule has 222 valence electrons. The molecule has 2 N–H and O–H groups in total. The molecule has 0 spiro atoms. The van der Waals surface area contributed by atoms with Crippen LogP contribution in [0.4, 0.5) is 32.0 Å². The number of nitrogens with one attached hydrogen (secondary N) is 1. The summed E-state index contributed by atoms with van der Waals surface area (Å²) in [6, 6.07) is 9.96. The van der Waals surface area contributed by atoms with Crippen LogP contribution in [0.2, 0.25) is 0 Å². The van der Waals surface area contributed by atoms with Crippen LogP contribution in [-0.2, 0) is 16.6 Å². The highest BCUT2D eigenvalue weighted by Gasteiger charge is 2.54. The van der Waals surface area contributed by atoms with E-state index in [-0.39, 0.29) is 36.2 Å². The van der Waals surface area contributed by atoms with Crippen LogP contribution in [0, 0.1) is 17.7 Å². The van der Waals surface area contributed by atoms with Gasteiger partial charge in [-0.3, -0.25) is 14.6 Å². The lowest BCUT2D eigenvalue weighted by Gasteiger charge is -2.40. The number of para-hydroxylation sites is 1. The predicted octanol–water partition coefficient (Wildman–Crippen LogP) is 5.52. The molecule has 1 saturated carbocycles. The lowest BCUT2D eigenvalue weighted by molar-refractivity contribution is -0.141. The van der Waals surface area contributed by atoms with E-state index in [2.05, 4.69) is 10.3 Å². The Morgan fingerprint density at radius 3 is 2.48 bits per heavy atom. The number of rotatable bonds is 6. The van der Waals surface area contributed by atoms with Gasteiger partial charge in [-0.25, -0.2) is 13.2 Å². The number of nitrogens with zero attached hydrogens (tertiary/aromatic N) is 2. The third kappa shape index (κ3) is 5.22. The fourth-order valence-electron chi connectivity index (χ4n) is 5.79. The van der Waals surface area contributed by atoms with Gasteiger partial charge in [0.25, 0.3) is 11.8 Å². The minimum Gasteiger partial charge on any atom is -0.372 e. The first-order valence-corrected chi connectivity index (χ1v) is 13.4. The van der Waals surface area contributed by atoms with Crippen molar-refractivity contribution in [2.75, 3.05) is 11.4 Å². The van der Waals surface area contributed by atoms with Gasteiger partial charge in [0.1, 0.15) is 5.82 Å². The van der Waals surface area contributed by atoms with Crippen molar-refractivity contribution in [3.8, 4) is 0 Å². The van der Waals surface area contributed by atoms with Gasteiger partial charge in [-0.05, 0) is 43.0 Å². The maximum Gasteiger partial charge on any atom is 0.419 e. The maximum atomic E-state index is 15.2. The van der Waals surface area contributed by atoms with Gasteiger partial charge < -0.3 is 15.3 Å². The van der Waals surface area contributed by atoms with Crippen molar-refractivity contribution in [3.63, 3.8) is 0 Å². The topological polar surface area (TPSA) is 82.5 Å². The normalized spacial score (nSPS) is 25.9. The fraction of sp³-hybridized carbons (Fsp3) is 0.345. The molecule has 1 aliphatic heterocycles. The fourth-order valence-corrected chi connectivity index (χ4v) is 6.17. The number of carbonyl (C=O) groups excluding carboxylic acids is 2.